The van der Waals surface area contributed by atoms with Gasteiger partial charge in [-0.15, -0.1) is 0 Å². The minimum atomic E-state index is -5.08. The summed E-state index contributed by atoms with van der Waals surface area (Å²) in [6, 6.07) is 10.2. The summed E-state index contributed by atoms with van der Waals surface area (Å²) in [5.74, 6) is -2.23. The Morgan fingerprint density at radius 2 is 1.71 bits per heavy atom. The van der Waals surface area contributed by atoms with Gasteiger partial charge in [0.05, 0.1) is 16.7 Å². The lowest BCUT2D eigenvalue weighted by Gasteiger charge is -2.46. The molecule has 1 aliphatic carbocycles. The van der Waals surface area contributed by atoms with Gasteiger partial charge in [-0.2, -0.15) is 17.9 Å². The summed E-state index contributed by atoms with van der Waals surface area (Å²) in [5, 5.41) is 8.44. The number of aromatic nitrogens is 1. The molecule has 55 heavy (non-hydrogen) atoms. The fraction of sp³-hybridized carbons (Fsp3) is 0.541. The molecule has 0 spiro atoms. The first-order valence-electron chi connectivity index (χ1n) is 18.0. The molecule has 1 amide bonds. The van der Waals surface area contributed by atoms with Crippen molar-refractivity contribution in [2.75, 3.05) is 46.8 Å². The number of piperazine rings is 1. The molecule has 3 aromatic rings. The lowest BCUT2D eigenvalue weighted by molar-refractivity contribution is -0.192. The number of sulfonamides is 1. The van der Waals surface area contributed by atoms with Crippen molar-refractivity contribution in [1.29, 1.82) is 0 Å². The fourth-order valence-electron chi connectivity index (χ4n) is 6.99. The lowest BCUT2D eigenvalue weighted by atomic mass is 10.1. The van der Waals surface area contributed by atoms with Gasteiger partial charge in [-0.1, -0.05) is 54.6 Å². The Labute approximate surface area is 330 Å². The maximum atomic E-state index is 14.1. The highest BCUT2D eigenvalue weighted by Gasteiger charge is 2.45. The fourth-order valence-corrected chi connectivity index (χ4v) is 9.33. The molecule has 304 valence electrons. The van der Waals surface area contributed by atoms with E-state index >= 15 is 0 Å². The predicted molar refractivity (Wildman–Crippen MR) is 206 cm³/mol. The molecule has 2 aromatic carbocycles. The number of nitrogens with two attached hydrogens (primary N) is 1. The number of carboxylic acid groups (broad SMARTS) is 1. The molecule has 5 rings (SSSR count). The summed E-state index contributed by atoms with van der Waals surface area (Å²) in [4.78, 5) is 32.7. The Kier molecular flexibility index (Phi) is 15.2. The molecule has 12 nitrogen and oxygen atoms in total. The Balaban J connectivity index is 0.000000876. The number of carboxylic acids is 1. The van der Waals surface area contributed by atoms with Crippen LogP contribution in [0.2, 0.25) is 10.0 Å². The van der Waals surface area contributed by atoms with E-state index in [4.69, 9.17) is 43.6 Å². The minimum absolute atomic E-state index is 0.0266. The molecule has 2 fully saturated rings. The summed E-state index contributed by atoms with van der Waals surface area (Å²) in [6.07, 6.45) is 0.591. The van der Waals surface area contributed by atoms with E-state index in [-0.39, 0.29) is 22.4 Å². The van der Waals surface area contributed by atoms with E-state index in [9.17, 15) is 26.4 Å². The number of benzene rings is 2. The van der Waals surface area contributed by atoms with E-state index in [0.717, 1.165) is 54.4 Å². The van der Waals surface area contributed by atoms with Gasteiger partial charge in [0.25, 0.3) is 0 Å². The normalized spacial score (nSPS) is 16.9. The Morgan fingerprint density at radius 3 is 2.31 bits per heavy atom. The number of carbonyl (C=O) groups is 2. The third-order valence-electron chi connectivity index (χ3n) is 9.83. The van der Waals surface area contributed by atoms with Crippen molar-refractivity contribution in [3.8, 4) is 5.75 Å². The van der Waals surface area contributed by atoms with Crippen LogP contribution in [0.3, 0.4) is 0 Å². The number of aryl methyl sites for hydroxylation is 2. The topological polar surface area (TPSA) is 158 Å². The zero-order valence-corrected chi connectivity index (χ0v) is 33.7. The van der Waals surface area contributed by atoms with Crippen molar-refractivity contribution in [3.05, 3.63) is 63.3 Å². The number of para-hydroxylation sites is 1. The molecule has 0 radical (unpaired) electrons. The summed E-state index contributed by atoms with van der Waals surface area (Å²) in [6.45, 7) is 6.99. The SMILES string of the molecule is Cc1cc(C)c2cccc(OCc3c(Cl)ccc(S(=O)(=O)NC4(N5CCN(C(=O)[C@@H](N)CCCCN(C)C)CC5)CCCC4)c3Cl)c2n1.O=C(O)C(F)(F)F. The van der Waals surface area contributed by atoms with Gasteiger partial charge in [0.15, 0.2) is 0 Å². The number of nitrogens with zero attached hydrogens (tertiary/aromatic N) is 4. The molecule has 0 unspecified atom stereocenters. The zero-order chi connectivity index (χ0) is 40.7. The van der Waals surface area contributed by atoms with Crippen molar-refractivity contribution >= 4 is 56.0 Å². The van der Waals surface area contributed by atoms with E-state index in [2.05, 4.69) is 19.5 Å². The maximum Gasteiger partial charge on any atom is 0.490 e. The molecule has 1 aliphatic heterocycles. The van der Waals surface area contributed by atoms with Crippen LogP contribution in [0.4, 0.5) is 13.2 Å². The first kappa shape index (κ1) is 44.5. The number of aliphatic carboxylic acids is 1. The third kappa shape index (κ3) is 11.4. The van der Waals surface area contributed by atoms with E-state index < -0.39 is 33.9 Å². The number of hydrogen-bond acceptors (Lipinski definition) is 9. The summed E-state index contributed by atoms with van der Waals surface area (Å²) in [7, 11) is 0.000418. The summed E-state index contributed by atoms with van der Waals surface area (Å²) in [5.41, 5.74) is 8.57. The van der Waals surface area contributed by atoms with Crippen LogP contribution in [0, 0.1) is 13.8 Å². The molecule has 1 saturated carbocycles. The zero-order valence-electron chi connectivity index (χ0n) is 31.4. The Hall–Kier alpha value is -3.25. The second-order valence-electron chi connectivity index (χ2n) is 14.2. The van der Waals surface area contributed by atoms with Gasteiger partial charge >= 0.3 is 12.1 Å². The van der Waals surface area contributed by atoms with Gasteiger partial charge in [0, 0.05) is 47.8 Å². The number of halogens is 5. The average Bonchev–Trinajstić information content (AvgIpc) is 3.58. The molecule has 4 N–H and O–H groups in total. The van der Waals surface area contributed by atoms with Crippen LogP contribution in [0.25, 0.3) is 10.9 Å². The van der Waals surface area contributed by atoms with Gasteiger partial charge in [-0.25, -0.2) is 18.2 Å². The molecule has 2 aliphatic rings. The van der Waals surface area contributed by atoms with Gasteiger partial charge in [-0.05, 0) is 90.0 Å². The molecular weight excluding hydrogens is 784 g/mol. The van der Waals surface area contributed by atoms with E-state index in [0.29, 0.717) is 61.8 Å². The minimum Gasteiger partial charge on any atom is -0.487 e. The molecule has 1 atom stereocenters. The van der Waals surface area contributed by atoms with Crippen molar-refractivity contribution in [2.24, 2.45) is 5.73 Å². The number of amides is 1. The van der Waals surface area contributed by atoms with E-state index in [1.54, 1.807) is 6.07 Å². The third-order valence-corrected chi connectivity index (χ3v) is 12.3. The van der Waals surface area contributed by atoms with Crippen LogP contribution in [0.1, 0.15) is 61.8 Å². The molecular formula is C37H49Cl2F3N6O6S. The summed E-state index contributed by atoms with van der Waals surface area (Å²) >= 11 is 13.4. The van der Waals surface area contributed by atoms with Gasteiger partial charge in [0.2, 0.25) is 15.9 Å². The van der Waals surface area contributed by atoms with Gasteiger partial charge in [0.1, 0.15) is 22.8 Å². The standard InChI is InChI=1S/C35H48Cl2N6O4S.C2HF3O2/c1-24-22-25(2)39-33-26(24)10-9-12-30(33)47-23-27-28(36)13-14-31(32(27)37)48(45,46)40-35(15-6-7-16-35)43-20-18-42(19-21-43)34(44)29(38)11-5-8-17-41(3)4;3-2(4,5)1(6)7/h9-10,12-14,22,29,40H,5-8,11,15-21,23,38H2,1-4H3;(H,6,7)/t29-;/m0./s1. The molecule has 18 heteroatoms. The Bertz CT molecular complexity index is 1940. The molecule has 0 bridgehead atoms. The van der Waals surface area contributed by atoms with Crippen molar-refractivity contribution in [2.45, 2.75) is 88.2 Å². The van der Waals surface area contributed by atoms with Crippen molar-refractivity contribution in [3.63, 3.8) is 0 Å². The number of fused-ring (bicyclic) bond motifs is 1. The summed E-state index contributed by atoms with van der Waals surface area (Å²) < 4.78 is 69.1. The predicted octanol–water partition coefficient (Wildman–Crippen LogP) is 6.12. The van der Waals surface area contributed by atoms with E-state index in [1.807, 2.05) is 57.1 Å². The number of hydrogen-bond donors (Lipinski definition) is 3. The highest BCUT2D eigenvalue weighted by Crippen LogP contribution is 2.38. The number of pyridine rings is 1. The van der Waals surface area contributed by atoms with Crippen LogP contribution in [0.15, 0.2) is 41.3 Å². The van der Waals surface area contributed by atoms with Crippen molar-refractivity contribution < 1.29 is 41.0 Å². The van der Waals surface area contributed by atoms with Crippen LogP contribution >= 0.6 is 23.2 Å². The van der Waals surface area contributed by atoms with Gasteiger partial charge < -0.3 is 25.4 Å². The van der Waals surface area contributed by atoms with Crippen LogP contribution in [0.5, 0.6) is 5.75 Å². The smallest absolute Gasteiger partial charge is 0.487 e. The largest absolute Gasteiger partial charge is 0.490 e. The van der Waals surface area contributed by atoms with E-state index in [1.165, 1.54) is 6.07 Å². The van der Waals surface area contributed by atoms with Crippen LogP contribution < -0.4 is 15.2 Å². The second-order valence-corrected chi connectivity index (χ2v) is 16.7. The average molecular weight is 834 g/mol. The van der Waals surface area contributed by atoms with Crippen LogP contribution in [-0.4, -0.2) is 110 Å². The highest BCUT2D eigenvalue weighted by atomic mass is 35.5. The molecule has 2 heterocycles. The second kappa shape index (κ2) is 18.8. The van der Waals surface area contributed by atoms with Crippen LogP contribution in [-0.2, 0) is 26.2 Å². The first-order chi connectivity index (χ1) is 25.8. The number of nitrogens with one attached hydrogen (secondary N) is 1. The van der Waals surface area contributed by atoms with Gasteiger partial charge in [-0.3, -0.25) is 9.69 Å². The highest BCUT2D eigenvalue weighted by molar-refractivity contribution is 7.89. The van der Waals surface area contributed by atoms with Crippen molar-refractivity contribution in [1.82, 2.24) is 24.4 Å². The number of rotatable bonds is 13. The Morgan fingerprint density at radius 1 is 1.07 bits per heavy atom. The lowest BCUT2D eigenvalue weighted by Crippen LogP contribution is -2.64. The number of alkyl halides is 3. The molecule has 1 saturated heterocycles. The first-order valence-corrected chi connectivity index (χ1v) is 20.2. The number of ether oxygens (including phenoxy) is 1. The maximum absolute atomic E-state index is 14.1. The number of carbonyl (C=O) groups excluding carboxylic acids is 1. The quantitative estimate of drug-likeness (QED) is 0.171. The molecule has 1 aromatic heterocycles. The number of unbranched alkanes of at least 4 members (excludes halogenated alkanes) is 1. The monoisotopic (exact) mass is 832 g/mol.